The van der Waals surface area contributed by atoms with Gasteiger partial charge in [-0.05, 0) is 30.7 Å². The number of rotatable bonds is 1. The molecular formula is C13H15F2NO2. The molecule has 1 unspecified atom stereocenters. The lowest BCUT2D eigenvalue weighted by Gasteiger charge is -2.32. The minimum atomic E-state index is -2.71. The Morgan fingerprint density at radius 2 is 1.94 bits per heavy atom. The number of alkyl halides is 2. The molecule has 5 heteroatoms. The van der Waals surface area contributed by atoms with Gasteiger partial charge in [0.1, 0.15) is 13.2 Å². The number of hydrogen-bond donors (Lipinski definition) is 1. The summed E-state index contributed by atoms with van der Waals surface area (Å²) in [5, 5.41) is 2.73. The normalized spacial score (nSPS) is 25.8. The Balaban J connectivity index is 1.91. The van der Waals surface area contributed by atoms with Gasteiger partial charge in [0.05, 0.1) is 12.5 Å². The molecule has 1 N–H and O–H groups in total. The molecule has 0 aliphatic carbocycles. The molecule has 3 nitrogen and oxygen atoms in total. The number of ether oxygens (including phenoxy) is 2. The van der Waals surface area contributed by atoms with Crippen molar-refractivity contribution in [3.8, 4) is 11.5 Å². The predicted octanol–water partition coefficient (Wildman–Crippen LogP) is 2.17. The molecule has 98 valence electrons. The minimum Gasteiger partial charge on any atom is -0.486 e. The topological polar surface area (TPSA) is 30.5 Å². The molecule has 0 amide bonds. The van der Waals surface area contributed by atoms with Gasteiger partial charge in [0.15, 0.2) is 11.5 Å². The highest BCUT2D eigenvalue weighted by Crippen LogP contribution is 2.41. The van der Waals surface area contributed by atoms with Crippen molar-refractivity contribution in [2.45, 2.75) is 18.3 Å². The second-order valence-electron chi connectivity index (χ2n) is 4.68. The van der Waals surface area contributed by atoms with E-state index in [2.05, 4.69) is 5.32 Å². The van der Waals surface area contributed by atoms with Gasteiger partial charge in [0.25, 0.3) is 5.92 Å². The molecule has 1 saturated heterocycles. The molecule has 0 saturated carbocycles. The zero-order valence-electron chi connectivity index (χ0n) is 9.92. The fourth-order valence-corrected chi connectivity index (χ4v) is 2.52. The molecule has 2 aliphatic heterocycles. The van der Waals surface area contributed by atoms with Crippen molar-refractivity contribution in [3.05, 3.63) is 23.8 Å². The molecule has 1 aromatic carbocycles. The summed E-state index contributed by atoms with van der Waals surface area (Å²) in [5.74, 6) is -2.23. The molecule has 1 atom stereocenters. The van der Waals surface area contributed by atoms with Gasteiger partial charge in [-0.3, -0.25) is 0 Å². The summed E-state index contributed by atoms with van der Waals surface area (Å²) in [6.07, 6.45) is 0.437. The van der Waals surface area contributed by atoms with Crippen LogP contribution < -0.4 is 14.8 Å². The molecule has 1 aromatic rings. The van der Waals surface area contributed by atoms with Crippen LogP contribution in [0.4, 0.5) is 8.78 Å². The van der Waals surface area contributed by atoms with Gasteiger partial charge in [0, 0.05) is 0 Å². The van der Waals surface area contributed by atoms with Crippen LogP contribution in [0, 0.1) is 0 Å². The zero-order chi connectivity index (χ0) is 12.6. The van der Waals surface area contributed by atoms with Crippen LogP contribution in [0.3, 0.4) is 0 Å². The maximum absolute atomic E-state index is 13.9. The third kappa shape index (κ3) is 2.03. The summed E-state index contributed by atoms with van der Waals surface area (Å²) < 4.78 is 38.5. The van der Waals surface area contributed by atoms with Crippen molar-refractivity contribution in [1.82, 2.24) is 5.32 Å². The zero-order valence-corrected chi connectivity index (χ0v) is 9.92. The van der Waals surface area contributed by atoms with Crippen molar-refractivity contribution >= 4 is 0 Å². The second-order valence-corrected chi connectivity index (χ2v) is 4.68. The van der Waals surface area contributed by atoms with E-state index in [1.54, 1.807) is 18.2 Å². The van der Waals surface area contributed by atoms with Gasteiger partial charge >= 0.3 is 0 Å². The number of fused-ring (bicyclic) bond motifs is 1. The Bertz CT molecular complexity index is 451. The first-order valence-electron chi connectivity index (χ1n) is 6.15. The lowest BCUT2D eigenvalue weighted by Crippen LogP contribution is -2.44. The van der Waals surface area contributed by atoms with E-state index < -0.39 is 11.8 Å². The summed E-state index contributed by atoms with van der Waals surface area (Å²) in [4.78, 5) is 0. The number of piperidine rings is 1. The standard InChI is InChI=1S/C13H15F2NO2/c14-13(15)8-16-4-3-10(13)9-1-2-11-12(7-9)18-6-5-17-11/h1-2,7,10,16H,3-6,8H2. The number of hydrogen-bond acceptors (Lipinski definition) is 3. The Morgan fingerprint density at radius 3 is 2.72 bits per heavy atom. The van der Waals surface area contributed by atoms with Crippen LogP contribution >= 0.6 is 0 Å². The third-order valence-corrected chi connectivity index (χ3v) is 3.45. The summed E-state index contributed by atoms with van der Waals surface area (Å²) >= 11 is 0. The number of benzene rings is 1. The Labute approximate surface area is 104 Å². The first-order valence-corrected chi connectivity index (χ1v) is 6.15. The van der Waals surface area contributed by atoms with E-state index in [1.165, 1.54) is 0 Å². The SMILES string of the molecule is FC1(F)CNCCC1c1ccc2c(c1)OCCO2. The van der Waals surface area contributed by atoms with E-state index in [-0.39, 0.29) is 6.54 Å². The Hall–Kier alpha value is -1.36. The predicted molar refractivity (Wildman–Crippen MR) is 62.6 cm³/mol. The van der Waals surface area contributed by atoms with Crippen LogP contribution in [0.25, 0.3) is 0 Å². The molecule has 0 bridgehead atoms. The van der Waals surface area contributed by atoms with Gasteiger partial charge in [-0.2, -0.15) is 0 Å². The number of halogens is 2. The van der Waals surface area contributed by atoms with E-state index in [1.807, 2.05) is 0 Å². The van der Waals surface area contributed by atoms with Gasteiger partial charge < -0.3 is 14.8 Å². The highest BCUT2D eigenvalue weighted by atomic mass is 19.3. The van der Waals surface area contributed by atoms with Crippen molar-refractivity contribution in [3.63, 3.8) is 0 Å². The van der Waals surface area contributed by atoms with Crippen molar-refractivity contribution in [2.75, 3.05) is 26.3 Å². The van der Waals surface area contributed by atoms with E-state index in [0.29, 0.717) is 43.2 Å². The average Bonchev–Trinajstić information content (AvgIpc) is 2.38. The first-order chi connectivity index (χ1) is 8.67. The van der Waals surface area contributed by atoms with Gasteiger partial charge in [0.2, 0.25) is 0 Å². The Kier molecular flexibility index (Phi) is 2.86. The van der Waals surface area contributed by atoms with E-state index in [0.717, 1.165) is 0 Å². The highest BCUT2D eigenvalue weighted by molar-refractivity contribution is 5.45. The van der Waals surface area contributed by atoms with Crippen molar-refractivity contribution in [1.29, 1.82) is 0 Å². The lowest BCUT2D eigenvalue weighted by molar-refractivity contribution is -0.0421. The van der Waals surface area contributed by atoms with Gasteiger partial charge in [-0.15, -0.1) is 0 Å². The maximum Gasteiger partial charge on any atom is 0.267 e. The molecule has 1 fully saturated rings. The maximum atomic E-state index is 13.9. The lowest BCUT2D eigenvalue weighted by atomic mass is 9.87. The fraction of sp³-hybridized carbons (Fsp3) is 0.538. The highest BCUT2D eigenvalue weighted by Gasteiger charge is 2.42. The van der Waals surface area contributed by atoms with Crippen LogP contribution in [-0.2, 0) is 0 Å². The molecule has 0 radical (unpaired) electrons. The fourth-order valence-electron chi connectivity index (χ4n) is 2.52. The molecule has 2 aliphatic rings. The van der Waals surface area contributed by atoms with Gasteiger partial charge in [-0.1, -0.05) is 6.07 Å². The summed E-state index contributed by atoms with van der Waals surface area (Å²) in [7, 11) is 0. The van der Waals surface area contributed by atoms with Crippen LogP contribution in [0.15, 0.2) is 18.2 Å². The quantitative estimate of drug-likeness (QED) is 0.834. The average molecular weight is 255 g/mol. The largest absolute Gasteiger partial charge is 0.486 e. The number of nitrogens with one attached hydrogen (secondary N) is 1. The minimum absolute atomic E-state index is 0.258. The monoisotopic (exact) mass is 255 g/mol. The molecule has 3 rings (SSSR count). The van der Waals surface area contributed by atoms with Crippen molar-refractivity contribution in [2.24, 2.45) is 0 Å². The van der Waals surface area contributed by atoms with Crippen LogP contribution in [0.5, 0.6) is 11.5 Å². The van der Waals surface area contributed by atoms with Crippen LogP contribution in [0.2, 0.25) is 0 Å². The smallest absolute Gasteiger partial charge is 0.267 e. The van der Waals surface area contributed by atoms with E-state index >= 15 is 0 Å². The van der Waals surface area contributed by atoms with Crippen LogP contribution in [-0.4, -0.2) is 32.2 Å². The molecule has 0 aromatic heterocycles. The van der Waals surface area contributed by atoms with E-state index in [4.69, 9.17) is 9.47 Å². The second kappa shape index (κ2) is 4.39. The summed E-state index contributed by atoms with van der Waals surface area (Å²) in [6, 6.07) is 5.14. The summed E-state index contributed by atoms with van der Waals surface area (Å²) in [5.41, 5.74) is 0.630. The van der Waals surface area contributed by atoms with E-state index in [9.17, 15) is 8.78 Å². The van der Waals surface area contributed by atoms with Crippen LogP contribution in [0.1, 0.15) is 17.9 Å². The van der Waals surface area contributed by atoms with Gasteiger partial charge in [-0.25, -0.2) is 8.78 Å². The first kappa shape index (κ1) is 11.7. The Morgan fingerprint density at radius 1 is 1.17 bits per heavy atom. The van der Waals surface area contributed by atoms with Crippen molar-refractivity contribution < 1.29 is 18.3 Å². The molecule has 18 heavy (non-hydrogen) atoms. The third-order valence-electron chi connectivity index (χ3n) is 3.45. The molecule has 0 spiro atoms. The molecule has 2 heterocycles. The summed E-state index contributed by atoms with van der Waals surface area (Å²) in [6.45, 7) is 1.34. The molecular weight excluding hydrogens is 240 g/mol.